The van der Waals surface area contributed by atoms with Crippen molar-refractivity contribution in [1.29, 1.82) is 0 Å². The maximum absolute atomic E-state index is 8.45. The number of furan rings is 1. The van der Waals surface area contributed by atoms with Crippen LogP contribution in [0.4, 0.5) is 0 Å². The molecule has 1 heterocycles. The summed E-state index contributed by atoms with van der Waals surface area (Å²) in [4.78, 5) is 1.10. The molecule has 0 aliphatic heterocycles. The van der Waals surface area contributed by atoms with Gasteiger partial charge in [-0.15, -0.1) is 11.8 Å². The van der Waals surface area contributed by atoms with Gasteiger partial charge in [-0.05, 0) is 13.0 Å². The van der Waals surface area contributed by atoms with E-state index in [-0.39, 0.29) is 11.8 Å². The fourth-order valence-electron chi connectivity index (χ4n) is 0.922. The molecule has 0 saturated carbocycles. The largest absolute Gasteiger partial charge is 0.468 e. The van der Waals surface area contributed by atoms with Crippen LogP contribution < -0.4 is 5.73 Å². The molecule has 1 atom stereocenters. The molecule has 0 fully saturated rings. The highest BCUT2D eigenvalue weighted by Crippen LogP contribution is 2.24. The predicted molar refractivity (Wildman–Crippen MR) is 56.7 cm³/mol. The Labute approximate surface area is 87.2 Å². The Bertz CT molecular complexity index is 322. The number of nitrogens with two attached hydrogens (primary N) is 1. The summed E-state index contributed by atoms with van der Waals surface area (Å²) in [6.45, 7) is 3.83. The van der Waals surface area contributed by atoms with Crippen LogP contribution in [0.25, 0.3) is 0 Å². The monoisotopic (exact) mass is 214 g/mol. The van der Waals surface area contributed by atoms with Crippen molar-refractivity contribution in [3.8, 4) is 0 Å². The molecule has 78 valence electrons. The molecule has 0 bridgehead atoms. The number of rotatable bonds is 4. The van der Waals surface area contributed by atoms with Crippen molar-refractivity contribution < 1.29 is 9.62 Å². The van der Waals surface area contributed by atoms with E-state index in [4.69, 9.17) is 15.4 Å². The van der Waals surface area contributed by atoms with Gasteiger partial charge in [0.1, 0.15) is 11.6 Å². The van der Waals surface area contributed by atoms with Gasteiger partial charge in [-0.2, -0.15) is 0 Å². The quantitative estimate of drug-likeness (QED) is 0.264. The van der Waals surface area contributed by atoms with E-state index >= 15 is 0 Å². The Morgan fingerprint density at radius 2 is 2.50 bits per heavy atom. The zero-order valence-electron chi connectivity index (χ0n) is 8.23. The third-order valence-corrected chi connectivity index (χ3v) is 3.32. The number of aryl methyl sites for hydroxylation is 1. The minimum atomic E-state index is 0.0549. The Kier molecular flexibility index (Phi) is 3.88. The number of thioether (sulfide) groups is 1. The summed E-state index contributed by atoms with van der Waals surface area (Å²) in [5, 5.41) is 11.4. The van der Waals surface area contributed by atoms with Gasteiger partial charge < -0.3 is 15.4 Å². The molecule has 0 radical (unpaired) electrons. The van der Waals surface area contributed by atoms with Crippen LogP contribution in [0.3, 0.4) is 0 Å². The van der Waals surface area contributed by atoms with Crippen LogP contribution in [0.5, 0.6) is 0 Å². The lowest BCUT2D eigenvalue weighted by molar-refractivity contribution is 0.315. The molecule has 3 N–H and O–H groups in total. The average Bonchev–Trinajstić information content (AvgIpc) is 2.59. The van der Waals surface area contributed by atoms with Gasteiger partial charge >= 0.3 is 0 Å². The van der Waals surface area contributed by atoms with Crippen molar-refractivity contribution in [2.45, 2.75) is 18.7 Å². The second-order valence-electron chi connectivity index (χ2n) is 3.08. The molecule has 1 unspecified atom stereocenters. The van der Waals surface area contributed by atoms with Crippen molar-refractivity contribution in [3.05, 3.63) is 18.1 Å². The number of oxime groups is 1. The fourth-order valence-corrected chi connectivity index (χ4v) is 1.93. The summed E-state index contributed by atoms with van der Waals surface area (Å²) in [7, 11) is 0. The number of hydrogen-bond acceptors (Lipinski definition) is 4. The minimum Gasteiger partial charge on any atom is -0.468 e. The molecule has 0 aromatic carbocycles. The smallest absolute Gasteiger partial charge is 0.142 e. The third-order valence-electron chi connectivity index (χ3n) is 1.92. The van der Waals surface area contributed by atoms with Crippen LogP contribution in [0.1, 0.15) is 12.7 Å². The summed E-state index contributed by atoms with van der Waals surface area (Å²) in [6.07, 6.45) is 1.66. The topological polar surface area (TPSA) is 71.8 Å². The molecule has 0 aliphatic carbocycles. The molecular weight excluding hydrogens is 200 g/mol. The Morgan fingerprint density at radius 3 is 3.00 bits per heavy atom. The van der Waals surface area contributed by atoms with Gasteiger partial charge in [0, 0.05) is 16.6 Å². The summed E-state index contributed by atoms with van der Waals surface area (Å²) < 4.78 is 5.15. The first-order chi connectivity index (χ1) is 6.65. The van der Waals surface area contributed by atoms with Crippen molar-refractivity contribution >= 4 is 17.6 Å². The van der Waals surface area contributed by atoms with Gasteiger partial charge in [-0.1, -0.05) is 12.1 Å². The van der Waals surface area contributed by atoms with Gasteiger partial charge in [0.05, 0.1) is 6.26 Å². The van der Waals surface area contributed by atoms with Crippen LogP contribution >= 0.6 is 11.8 Å². The van der Waals surface area contributed by atoms with E-state index in [9.17, 15) is 0 Å². The lowest BCUT2D eigenvalue weighted by Crippen LogP contribution is -2.22. The average molecular weight is 214 g/mol. The van der Waals surface area contributed by atoms with E-state index in [2.05, 4.69) is 5.16 Å². The Hall–Kier alpha value is -1.10. The predicted octanol–water partition coefficient (Wildman–Crippen LogP) is 2.06. The van der Waals surface area contributed by atoms with Gasteiger partial charge in [-0.3, -0.25) is 0 Å². The van der Waals surface area contributed by atoms with Crippen LogP contribution in [-0.4, -0.2) is 16.8 Å². The van der Waals surface area contributed by atoms with Crippen molar-refractivity contribution in [2.75, 3.05) is 5.75 Å². The first kappa shape index (κ1) is 11.0. The first-order valence-electron chi connectivity index (χ1n) is 4.29. The summed E-state index contributed by atoms with van der Waals surface area (Å²) >= 11 is 1.64. The lowest BCUT2D eigenvalue weighted by Gasteiger charge is -2.07. The first-order valence-corrected chi connectivity index (χ1v) is 5.28. The summed E-state index contributed by atoms with van der Waals surface area (Å²) in [5.41, 5.74) is 5.46. The van der Waals surface area contributed by atoms with Gasteiger partial charge in [0.25, 0.3) is 0 Å². The van der Waals surface area contributed by atoms with Crippen molar-refractivity contribution in [1.82, 2.24) is 0 Å². The normalized spacial score (nSPS) is 14.3. The van der Waals surface area contributed by atoms with Crippen LogP contribution in [0.2, 0.25) is 0 Å². The second kappa shape index (κ2) is 4.95. The molecule has 0 saturated heterocycles. The summed E-state index contributed by atoms with van der Waals surface area (Å²) in [5.74, 6) is 2.00. The number of amidine groups is 1. The Balaban J connectivity index is 2.45. The fraction of sp³-hybridized carbons (Fsp3) is 0.444. The molecule has 0 amide bonds. The molecule has 1 aromatic rings. The maximum atomic E-state index is 8.45. The van der Waals surface area contributed by atoms with Crippen LogP contribution in [0, 0.1) is 12.8 Å². The van der Waals surface area contributed by atoms with E-state index in [0.29, 0.717) is 0 Å². The van der Waals surface area contributed by atoms with E-state index < -0.39 is 0 Å². The summed E-state index contributed by atoms with van der Waals surface area (Å²) in [6, 6.07) is 1.92. The zero-order valence-corrected chi connectivity index (χ0v) is 9.04. The van der Waals surface area contributed by atoms with E-state index in [1.807, 2.05) is 19.9 Å². The number of hydrogen-bond donors (Lipinski definition) is 2. The van der Waals surface area contributed by atoms with Crippen LogP contribution in [0.15, 0.2) is 26.8 Å². The standard InChI is InChI=1S/C9H14N2O2S/c1-6(9(10)11-12)5-14-8-3-4-13-7(8)2/h3-4,6,12H,5H2,1-2H3,(H2,10,11). The molecule has 1 aromatic heterocycles. The minimum absolute atomic E-state index is 0.0549. The molecular formula is C9H14N2O2S. The van der Waals surface area contributed by atoms with E-state index in [1.54, 1.807) is 18.0 Å². The molecule has 0 spiro atoms. The molecule has 5 heteroatoms. The van der Waals surface area contributed by atoms with Gasteiger partial charge in [0.2, 0.25) is 0 Å². The molecule has 14 heavy (non-hydrogen) atoms. The van der Waals surface area contributed by atoms with Crippen molar-refractivity contribution in [3.63, 3.8) is 0 Å². The highest BCUT2D eigenvalue weighted by molar-refractivity contribution is 7.99. The maximum Gasteiger partial charge on any atom is 0.142 e. The zero-order chi connectivity index (χ0) is 10.6. The van der Waals surface area contributed by atoms with E-state index in [0.717, 1.165) is 16.4 Å². The second-order valence-corrected chi connectivity index (χ2v) is 4.14. The molecule has 1 rings (SSSR count). The SMILES string of the molecule is Cc1occc1SCC(C)/C(N)=N/O. The van der Waals surface area contributed by atoms with Gasteiger partial charge in [0.15, 0.2) is 0 Å². The van der Waals surface area contributed by atoms with Crippen molar-refractivity contribution in [2.24, 2.45) is 16.8 Å². The third kappa shape index (κ3) is 2.70. The molecule has 4 nitrogen and oxygen atoms in total. The lowest BCUT2D eigenvalue weighted by atomic mass is 10.2. The molecule has 0 aliphatic rings. The van der Waals surface area contributed by atoms with E-state index in [1.165, 1.54) is 0 Å². The van der Waals surface area contributed by atoms with Gasteiger partial charge in [-0.25, -0.2) is 0 Å². The highest BCUT2D eigenvalue weighted by atomic mass is 32.2. The Morgan fingerprint density at radius 1 is 1.79 bits per heavy atom. The van der Waals surface area contributed by atoms with Crippen LogP contribution in [-0.2, 0) is 0 Å². The number of nitrogens with zero attached hydrogens (tertiary/aromatic N) is 1. The highest BCUT2D eigenvalue weighted by Gasteiger charge is 2.09.